The van der Waals surface area contributed by atoms with Gasteiger partial charge in [-0.05, 0) is 94.1 Å². The van der Waals surface area contributed by atoms with Crippen LogP contribution >= 0.6 is 11.9 Å². The van der Waals surface area contributed by atoms with Crippen molar-refractivity contribution in [2.45, 2.75) is 50.1 Å². The minimum atomic E-state index is -0.524. The molecule has 0 bridgehead atoms. The Balaban J connectivity index is 1.62. The fourth-order valence-electron chi connectivity index (χ4n) is 3.08. The highest BCUT2D eigenvalue weighted by Crippen LogP contribution is 2.24. The highest BCUT2D eigenvalue weighted by atomic mass is 32.2. The Morgan fingerprint density at radius 3 is 2.34 bits per heavy atom. The summed E-state index contributed by atoms with van der Waals surface area (Å²) in [6, 6.07) is 12.5. The molecule has 7 heteroatoms. The van der Waals surface area contributed by atoms with Gasteiger partial charge in [0.2, 0.25) is 5.91 Å². The van der Waals surface area contributed by atoms with Crippen molar-refractivity contribution in [2.24, 2.45) is 0 Å². The van der Waals surface area contributed by atoms with E-state index in [9.17, 15) is 14.0 Å². The summed E-state index contributed by atoms with van der Waals surface area (Å²) in [5.74, 6) is -0.842. The number of anilines is 1. The number of carbonyl (C=O) groups excluding carboxylic acids is 2. The number of halogens is 1. The number of nitrogens with zero attached hydrogens (tertiary/aromatic N) is 1. The van der Waals surface area contributed by atoms with Gasteiger partial charge in [-0.15, -0.1) is 0 Å². The smallest absolute Gasteiger partial charge is 0.254 e. The van der Waals surface area contributed by atoms with Crippen molar-refractivity contribution < 1.29 is 14.0 Å². The first kappa shape index (κ1) is 21.3. The maximum Gasteiger partial charge on any atom is 0.254 e. The molecule has 2 amide bonds. The molecule has 0 saturated carbocycles. The van der Waals surface area contributed by atoms with Crippen molar-refractivity contribution >= 4 is 29.4 Å². The summed E-state index contributed by atoms with van der Waals surface area (Å²) < 4.78 is 16.5. The minimum Gasteiger partial charge on any atom is -0.327 e. The average molecular weight is 416 g/mol. The lowest BCUT2D eigenvalue weighted by Gasteiger charge is -2.24. The Morgan fingerprint density at radius 1 is 1.07 bits per heavy atom. The van der Waals surface area contributed by atoms with Crippen LogP contribution in [0.4, 0.5) is 10.1 Å². The van der Waals surface area contributed by atoms with E-state index in [1.807, 2.05) is 24.3 Å². The molecule has 5 nitrogen and oxygen atoms in total. The highest BCUT2D eigenvalue weighted by Gasteiger charge is 2.34. The molecular formula is C22H26FN3O2S. The summed E-state index contributed by atoms with van der Waals surface area (Å²) in [5, 5.41) is 2.91. The molecule has 154 valence electrons. The fourth-order valence-corrected chi connectivity index (χ4v) is 3.78. The third kappa shape index (κ3) is 5.81. The van der Waals surface area contributed by atoms with Gasteiger partial charge in [0.05, 0.1) is 0 Å². The standard InChI is InChI=1S/C22H26FN3O2S/c1-22(2,3)25-29-18-12-10-17(11-13-18)24-20(27)19-5-4-14-26(19)21(28)15-6-8-16(23)9-7-15/h6-13,19,25H,4-5,14H2,1-3H3,(H,24,27). The van der Waals surface area contributed by atoms with Gasteiger partial charge in [0.1, 0.15) is 11.9 Å². The molecule has 29 heavy (non-hydrogen) atoms. The lowest BCUT2D eigenvalue weighted by atomic mass is 10.1. The van der Waals surface area contributed by atoms with E-state index in [1.165, 1.54) is 24.3 Å². The van der Waals surface area contributed by atoms with Gasteiger partial charge in [-0.1, -0.05) is 0 Å². The zero-order valence-electron chi connectivity index (χ0n) is 16.9. The number of likely N-dealkylation sites (tertiary alicyclic amines) is 1. The van der Waals surface area contributed by atoms with Crippen molar-refractivity contribution in [3.05, 3.63) is 59.9 Å². The lowest BCUT2D eigenvalue weighted by Crippen LogP contribution is -2.43. The first-order valence-electron chi connectivity index (χ1n) is 9.64. The maximum absolute atomic E-state index is 13.1. The van der Waals surface area contributed by atoms with Gasteiger partial charge in [-0.25, -0.2) is 4.39 Å². The van der Waals surface area contributed by atoms with Crippen LogP contribution in [-0.2, 0) is 4.79 Å². The van der Waals surface area contributed by atoms with E-state index in [0.717, 1.165) is 11.3 Å². The van der Waals surface area contributed by atoms with E-state index >= 15 is 0 Å². The van der Waals surface area contributed by atoms with Gasteiger partial charge in [-0.2, -0.15) is 0 Å². The van der Waals surface area contributed by atoms with Crippen LogP contribution in [0.5, 0.6) is 0 Å². The zero-order valence-corrected chi connectivity index (χ0v) is 17.7. The SMILES string of the molecule is CC(C)(C)NSc1ccc(NC(=O)C2CCCN2C(=O)c2ccc(F)cc2)cc1. The Kier molecular flexibility index (Phi) is 6.59. The predicted molar refractivity (Wildman–Crippen MR) is 114 cm³/mol. The molecule has 1 aliphatic heterocycles. The van der Waals surface area contributed by atoms with E-state index < -0.39 is 11.9 Å². The van der Waals surface area contributed by atoms with E-state index in [0.29, 0.717) is 24.2 Å². The molecule has 0 aliphatic carbocycles. The number of benzene rings is 2. The first-order valence-corrected chi connectivity index (χ1v) is 10.5. The fraction of sp³-hybridized carbons (Fsp3) is 0.364. The van der Waals surface area contributed by atoms with Gasteiger partial charge in [0, 0.05) is 28.2 Å². The van der Waals surface area contributed by atoms with Crippen molar-refractivity contribution in [1.82, 2.24) is 9.62 Å². The summed E-state index contributed by atoms with van der Waals surface area (Å²) in [6.07, 6.45) is 1.38. The molecule has 1 unspecified atom stereocenters. The second-order valence-electron chi connectivity index (χ2n) is 8.13. The predicted octanol–water partition coefficient (Wildman–Crippen LogP) is 4.46. The summed E-state index contributed by atoms with van der Waals surface area (Å²) in [5.41, 5.74) is 1.08. The molecule has 1 fully saturated rings. The molecule has 1 heterocycles. The van der Waals surface area contributed by atoms with Crippen LogP contribution in [-0.4, -0.2) is 34.8 Å². The Hall–Kier alpha value is -2.38. The van der Waals surface area contributed by atoms with Crippen LogP contribution in [0.25, 0.3) is 0 Å². The Labute approximate surface area is 175 Å². The molecule has 2 N–H and O–H groups in total. The first-order chi connectivity index (χ1) is 13.7. The monoisotopic (exact) mass is 415 g/mol. The van der Waals surface area contributed by atoms with Crippen LogP contribution in [0.3, 0.4) is 0 Å². The van der Waals surface area contributed by atoms with Gasteiger partial charge < -0.3 is 10.2 Å². The second kappa shape index (κ2) is 8.97. The molecule has 1 atom stereocenters. The van der Waals surface area contributed by atoms with Crippen molar-refractivity contribution in [1.29, 1.82) is 0 Å². The van der Waals surface area contributed by atoms with E-state index in [4.69, 9.17) is 0 Å². The molecular weight excluding hydrogens is 389 g/mol. The second-order valence-corrected chi connectivity index (χ2v) is 9.01. The summed E-state index contributed by atoms with van der Waals surface area (Å²) in [6.45, 7) is 6.79. The quantitative estimate of drug-likeness (QED) is 0.708. The van der Waals surface area contributed by atoms with E-state index in [2.05, 4.69) is 30.8 Å². The van der Waals surface area contributed by atoms with Crippen molar-refractivity contribution in [3.63, 3.8) is 0 Å². The number of amides is 2. The number of hydrogen-bond donors (Lipinski definition) is 2. The van der Waals surface area contributed by atoms with Crippen LogP contribution < -0.4 is 10.0 Å². The molecule has 0 spiro atoms. The number of nitrogens with one attached hydrogen (secondary N) is 2. The summed E-state index contributed by atoms with van der Waals surface area (Å²) in [7, 11) is 0. The maximum atomic E-state index is 13.1. The van der Waals surface area contributed by atoms with Crippen molar-refractivity contribution in [3.8, 4) is 0 Å². The molecule has 2 aromatic rings. The van der Waals surface area contributed by atoms with Gasteiger partial charge in [0.15, 0.2) is 0 Å². The largest absolute Gasteiger partial charge is 0.327 e. The van der Waals surface area contributed by atoms with Gasteiger partial charge in [0.25, 0.3) is 5.91 Å². The van der Waals surface area contributed by atoms with Gasteiger partial charge >= 0.3 is 0 Å². The topological polar surface area (TPSA) is 61.4 Å². The zero-order chi connectivity index (χ0) is 21.0. The number of hydrogen-bond acceptors (Lipinski definition) is 4. The molecule has 2 aromatic carbocycles. The Bertz CT molecular complexity index is 863. The third-order valence-electron chi connectivity index (χ3n) is 4.50. The van der Waals surface area contributed by atoms with Gasteiger partial charge in [-0.3, -0.25) is 14.3 Å². The third-order valence-corrected chi connectivity index (χ3v) is 5.73. The lowest BCUT2D eigenvalue weighted by molar-refractivity contribution is -0.119. The van der Waals surface area contributed by atoms with E-state index in [1.54, 1.807) is 16.8 Å². The molecule has 0 aromatic heterocycles. The normalized spacial score (nSPS) is 16.7. The molecule has 1 saturated heterocycles. The highest BCUT2D eigenvalue weighted by molar-refractivity contribution is 7.97. The van der Waals surface area contributed by atoms with Crippen LogP contribution in [0.2, 0.25) is 0 Å². The van der Waals surface area contributed by atoms with E-state index in [-0.39, 0.29) is 17.4 Å². The minimum absolute atomic E-state index is 0.000542. The van der Waals surface area contributed by atoms with Crippen molar-refractivity contribution in [2.75, 3.05) is 11.9 Å². The molecule has 0 radical (unpaired) electrons. The Morgan fingerprint density at radius 2 is 1.72 bits per heavy atom. The van der Waals surface area contributed by atoms with Crippen LogP contribution in [0.15, 0.2) is 53.4 Å². The molecule has 1 aliphatic rings. The molecule has 3 rings (SSSR count). The average Bonchev–Trinajstić information content (AvgIpc) is 3.17. The summed E-state index contributed by atoms with van der Waals surface area (Å²) in [4.78, 5) is 28.1. The van der Waals surface area contributed by atoms with Crippen LogP contribution in [0, 0.1) is 5.82 Å². The summed E-state index contributed by atoms with van der Waals surface area (Å²) >= 11 is 1.54. The van der Waals surface area contributed by atoms with Crippen LogP contribution in [0.1, 0.15) is 44.0 Å². The number of rotatable bonds is 5. The number of carbonyl (C=O) groups is 2.